The van der Waals surface area contributed by atoms with Crippen molar-refractivity contribution in [3.8, 4) is 17.1 Å². The predicted octanol–water partition coefficient (Wildman–Crippen LogP) is 2.14. The first-order valence-corrected chi connectivity index (χ1v) is 14.8. The maximum atomic E-state index is 13.4. The van der Waals surface area contributed by atoms with Crippen molar-refractivity contribution in [1.29, 1.82) is 0 Å². The van der Waals surface area contributed by atoms with Crippen LogP contribution in [0.1, 0.15) is 50.1 Å². The third-order valence-electron chi connectivity index (χ3n) is 7.39. The topological polar surface area (TPSA) is 151 Å². The van der Waals surface area contributed by atoms with E-state index in [1.54, 1.807) is 20.0 Å². The summed E-state index contributed by atoms with van der Waals surface area (Å²) in [5.41, 5.74) is 2.51. The standard InChI is InChI=1S/C31H41N7O5/c1-20(2)17-26-30(41)33-12-15-37-14-11-32-29(37)23-7-5-8-24(18-23)43-16-6-13-38(19-27(39)36-26)28(40)10-9-25-21(3)34-31(42)35-22(25)4/h5,7-8,11,14,18,20,26H,6,9-10,12-13,15-17,19H2,1-4H3,(H,33,41)(H,36,39)(H,34,35,42)/t26-/m1/s1. The SMILES string of the molecule is Cc1nc(=O)[nH]c(C)c1CCC(=O)N1CCCOc2cccc(c2)-c2nccn2CCNC(=O)[C@@H](CC(C)C)NC(=O)C1. The molecule has 1 aliphatic rings. The fourth-order valence-corrected chi connectivity index (χ4v) is 5.26. The smallest absolute Gasteiger partial charge is 0.345 e. The highest BCUT2D eigenvalue weighted by molar-refractivity contribution is 5.90. The summed E-state index contributed by atoms with van der Waals surface area (Å²) in [4.78, 5) is 64.1. The molecule has 0 radical (unpaired) electrons. The number of nitrogens with zero attached hydrogens (tertiary/aromatic N) is 4. The van der Waals surface area contributed by atoms with Gasteiger partial charge >= 0.3 is 5.69 Å². The van der Waals surface area contributed by atoms with E-state index in [-0.39, 0.29) is 30.7 Å². The Bertz CT molecular complexity index is 1470. The third-order valence-corrected chi connectivity index (χ3v) is 7.39. The molecule has 0 fully saturated rings. The molecule has 3 amide bonds. The van der Waals surface area contributed by atoms with Crippen molar-refractivity contribution in [2.45, 2.75) is 66.0 Å². The number of fused-ring (bicyclic) bond motifs is 4. The van der Waals surface area contributed by atoms with Gasteiger partial charge in [0.2, 0.25) is 17.7 Å². The van der Waals surface area contributed by atoms with Crippen LogP contribution in [0.5, 0.6) is 5.75 Å². The van der Waals surface area contributed by atoms with Gasteiger partial charge in [-0.1, -0.05) is 26.0 Å². The van der Waals surface area contributed by atoms with Gasteiger partial charge in [-0.25, -0.2) is 9.78 Å². The number of hydrogen-bond acceptors (Lipinski definition) is 7. The Morgan fingerprint density at radius 2 is 1.98 bits per heavy atom. The van der Waals surface area contributed by atoms with Gasteiger partial charge in [-0.15, -0.1) is 0 Å². The first-order valence-electron chi connectivity index (χ1n) is 14.8. The summed E-state index contributed by atoms with van der Waals surface area (Å²) in [6, 6.07) is 6.90. The molecule has 1 aromatic carbocycles. The van der Waals surface area contributed by atoms with E-state index in [1.807, 2.05) is 48.9 Å². The molecule has 2 bridgehead atoms. The molecule has 12 heteroatoms. The quantitative estimate of drug-likeness (QED) is 0.411. The Hall–Kier alpha value is -4.48. The highest BCUT2D eigenvalue weighted by Crippen LogP contribution is 2.23. The molecule has 3 N–H and O–H groups in total. The van der Waals surface area contributed by atoms with Crippen molar-refractivity contribution in [3.05, 3.63) is 64.1 Å². The molecule has 0 unspecified atom stereocenters. The van der Waals surface area contributed by atoms with Gasteiger partial charge in [-0.05, 0) is 56.7 Å². The molecule has 3 heterocycles. The number of benzene rings is 1. The van der Waals surface area contributed by atoms with Crippen molar-refractivity contribution in [3.63, 3.8) is 0 Å². The minimum atomic E-state index is -0.733. The van der Waals surface area contributed by atoms with Gasteiger partial charge in [0, 0.05) is 55.4 Å². The monoisotopic (exact) mass is 591 g/mol. The highest BCUT2D eigenvalue weighted by atomic mass is 16.5. The number of carbonyl (C=O) groups is 3. The number of H-pyrrole nitrogens is 1. The normalized spacial score (nSPS) is 16.9. The van der Waals surface area contributed by atoms with Crippen LogP contribution in [-0.4, -0.2) is 74.4 Å². The van der Waals surface area contributed by atoms with Gasteiger partial charge in [0.15, 0.2) is 0 Å². The minimum Gasteiger partial charge on any atom is -0.494 e. The average Bonchev–Trinajstić information content (AvgIpc) is 3.41. The molecule has 0 spiro atoms. The van der Waals surface area contributed by atoms with Crippen LogP contribution in [0.25, 0.3) is 11.4 Å². The summed E-state index contributed by atoms with van der Waals surface area (Å²) in [6.45, 7) is 8.79. The number of hydrogen-bond donors (Lipinski definition) is 3. The van der Waals surface area contributed by atoms with Gasteiger partial charge in [0.1, 0.15) is 17.6 Å². The number of ether oxygens (including phenoxy) is 1. The van der Waals surface area contributed by atoms with E-state index >= 15 is 0 Å². The molecule has 12 nitrogen and oxygen atoms in total. The predicted molar refractivity (Wildman–Crippen MR) is 161 cm³/mol. The largest absolute Gasteiger partial charge is 0.494 e. The molecule has 3 aromatic rings. The van der Waals surface area contributed by atoms with Gasteiger partial charge in [0.25, 0.3) is 0 Å². The first kappa shape index (κ1) is 31.5. The number of amides is 3. The summed E-state index contributed by atoms with van der Waals surface area (Å²) in [6.07, 6.45) is 5.04. The summed E-state index contributed by atoms with van der Waals surface area (Å²) < 4.78 is 7.98. The van der Waals surface area contributed by atoms with Crippen LogP contribution >= 0.6 is 0 Å². The zero-order valence-electron chi connectivity index (χ0n) is 25.3. The molecule has 1 aliphatic heterocycles. The lowest BCUT2D eigenvalue weighted by Crippen LogP contribution is -2.51. The van der Waals surface area contributed by atoms with Crippen molar-refractivity contribution < 1.29 is 19.1 Å². The lowest BCUT2D eigenvalue weighted by atomic mass is 10.0. The van der Waals surface area contributed by atoms with Gasteiger partial charge in [0.05, 0.1) is 13.2 Å². The van der Waals surface area contributed by atoms with Crippen LogP contribution in [-0.2, 0) is 27.3 Å². The van der Waals surface area contributed by atoms with Gasteiger partial charge < -0.3 is 29.8 Å². The zero-order chi connectivity index (χ0) is 30.9. The van der Waals surface area contributed by atoms with E-state index < -0.39 is 17.6 Å². The van der Waals surface area contributed by atoms with Crippen LogP contribution in [0, 0.1) is 19.8 Å². The van der Waals surface area contributed by atoms with Crippen LogP contribution in [0.2, 0.25) is 0 Å². The van der Waals surface area contributed by atoms with E-state index in [0.717, 1.165) is 17.0 Å². The number of nitrogens with one attached hydrogen (secondary N) is 3. The molecule has 230 valence electrons. The molecule has 0 aliphatic carbocycles. The summed E-state index contributed by atoms with van der Waals surface area (Å²) in [5, 5.41) is 5.81. The molecule has 0 saturated carbocycles. The van der Waals surface area contributed by atoms with E-state index in [9.17, 15) is 19.2 Å². The Labute approximate surface area is 251 Å². The number of carbonyl (C=O) groups excluding carboxylic acids is 3. The van der Waals surface area contributed by atoms with E-state index in [1.165, 1.54) is 4.90 Å². The second-order valence-corrected chi connectivity index (χ2v) is 11.3. The zero-order valence-corrected chi connectivity index (χ0v) is 25.3. The Balaban J connectivity index is 1.54. The van der Waals surface area contributed by atoms with E-state index in [0.29, 0.717) is 62.6 Å². The number of rotatable bonds is 5. The lowest BCUT2D eigenvalue weighted by molar-refractivity contribution is -0.137. The van der Waals surface area contributed by atoms with Crippen LogP contribution in [0.15, 0.2) is 41.5 Å². The van der Waals surface area contributed by atoms with Crippen LogP contribution < -0.4 is 21.1 Å². The fraction of sp³-hybridized carbons (Fsp3) is 0.484. The molecule has 0 saturated heterocycles. The van der Waals surface area contributed by atoms with Gasteiger partial charge in [-0.2, -0.15) is 4.98 Å². The number of aromatic amines is 1. The molecule has 43 heavy (non-hydrogen) atoms. The number of aromatic nitrogens is 4. The van der Waals surface area contributed by atoms with Crippen molar-refractivity contribution in [2.75, 3.05) is 26.2 Å². The number of imidazole rings is 1. The van der Waals surface area contributed by atoms with Crippen LogP contribution in [0.4, 0.5) is 0 Å². The summed E-state index contributed by atoms with van der Waals surface area (Å²) in [7, 11) is 0. The van der Waals surface area contributed by atoms with Crippen molar-refractivity contribution >= 4 is 17.7 Å². The maximum Gasteiger partial charge on any atom is 0.345 e. The molecule has 4 rings (SSSR count). The Morgan fingerprint density at radius 1 is 1.16 bits per heavy atom. The lowest BCUT2D eigenvalue weighted by Gasteiger charge is -2.25. The second-order valence-electron chi connectivity index (χ2n) is 11.3. The van der Waals surface area contributed by atoms with Crippen molar-refractivity contribution in [2.24, 2.45) is 5.92 Å². The number of aryl methyl sites for hydroxylation is 2. The van der Waals surface area contributed by atoms with Gasteiger partial charge in [-0.3, -0.25) is 14.4 Å². The van der Waals surface area contributed by atoms with Crippen molar-refractivity contribution in [1.82, 2.24) is 35.1 Å². The molecular formula is C31H41N7O5. The molecule has 1 atom stereocenters. The molecule has 2 aromatic heterocycles. The van der Waals surface area contributed by atoms with E-state index in [2.05, 4.69) is 25.6 Å². The fourth-order valence-electron chi connectivity index (χ4n) is 5.26. The summed E-state index contributed by atoms with van der Waals surface area (Å²) >= 11 is 0. The third kappa shape index (κ3) is 8.76. The maximum absolute atomic E-state index is 13.4. The van der Waals surface area contributed by atoms with E-state index in [4.69, 9.17) is 4.74 Å². The average molecular weight is 592 g/mol. The first-order chi connectivity index (χ1) is 20.6. The van der Waals surface area contributed by atoms with Crippen LogP contribution in [0.3, 0.4) is 0 Å². The molecular weight excluding hydrogens is 550 g/mol. The minimum absolute atomic E-state index is 0.133. The second kappa shape index (κ2) is 14.6. The Morgan fingerprint density at radius 3 is 2.74 bits per heavy atom. The Kier molecular flexibility index (Phi) is 10.7. The highest BCUT2D eigenvalue weighted by Gasteiger charge is 2.25. The summed E-state index contributed by atoms with van der Waals surface area (Å²) in [5.74, 6) is 0.702.